The average Bonchev–Trinajstić information content (AvgIpc) is 3.64. The van der Waals surface area contributed by atoms with Gasteiger partial charge in [-0.15, -0.1) is 0 Å². The Morgan fingerprint density at radius 2 is 0.929 bits per heavy atom. The van der Waals surface area contributed by atoms with Crippen LogP contribution in [0, 0.1) is 0 Å². The maximum absolute atomic E-state index is 2.83. The van der Waals surface area contributed by atoms with Crippen LogP contribution in [-0.2, 0) is 6.51 Å². The Labute approximate surface area is 164 Å². The van der Waals surface area contributed by atoms with E-state index in [9.17, 15) is 0 Å². The van der Waals surface area contributed by atoms with E-state index < -0.39 is 6.51 Å². The van der Waals surface area contributed by atoms with Crippen molar-refractivity contribution in [2.45, 2.75) is 138 Å². The van der Waals surface area contributed by atoms with Crippen molar-refractivity contribution in [3.8, 4) is 0 Å². The van der Waals surface area contributed by atoms with E-state index in [4.69, 9.17) is 0 Å². The molecule has 0 aromatic carbocycles. The molecule has 0 bridgehead atoms. The fourth-order valence-corrected chi connectivity index (χ4v) is 111. The van der Waals surface area contributed by atoms with Gasteiger partial charge in [-0.3, -0.25) is 0 Å². The molecule has 2 heteroatoms. The first kappa shape index (κ1) is 15.7. The van der Waals surface area contributed by atoms with Crippen molar-refractivity contribution in [3.63, 3.8) is 0 Å². The molecule has 0 aromatic heterocycles. The fraction of sp³-hybridized carbons (Fsp3) is 1.00. The Bertz CT molecular complexity index is 1010. The molecule has 160 valence electrons. The van der Waals surface area contributed by atoms with E-state index in [1.807, 2.05) is 0 Å². The molecule has 10 rings (SSSR count). The third kappa shape index (κ3) is 0.326. The van der Waals surface area contributed by atoms with E-state index in [1.165, 1.54) is 42.6 Å². The Kier molecular flexibility index (Phi) is 1.24. The minimum absolute atomic E-state index is 0.473. The third-order valence-corrected chi connectivity index (χ3v) is 68.7. The van der Waals surface area contributed by atoms with Crippen LogP contribution < -0.4 is 0 Å². The van der Waals surface area contributed by atoms with E-state index in [0.29, 0.717) is 7.92 Å². The van der Waals surface area contributed by atoms with Crippen molar-refractivity contribution >= 4 is 7.92 Å². The van der Waals surface area contributed by atoms with Crippen molar-refractivity contribution in [1.82, 2.24) is 0 Å². The van der Waals surface area contributed by atoms with Crippen LogP contribution in [0.4, 0.5) is 0 Å². The van der Waals surface area contributed by atoms with Gasteiger partial charge in [0, 0.05) is 0 Å². The van der Waals surface area contributed by atoms with Crippen molar-refractivity contribution < 1.29 is 6.51 Å². The van der Waals surface area contributed by atoms with Crippen LogP contribution in [-0.4, -0.2) is 16.4 Å². The number of fused-ring (bicyclic) bond motifs is 10. The van der Waals surface area contributed by atoms with E-state index in [2.05, 4.69) is 13.8 Å². The van der Waals surface area contributed by atoms with Gasteiger partial charge in [-0.25, -0.2) is 0 Å². The normalized spacial score (nSPS) is 77.3. The molecule has 4 unspecified atom stereocenters. The van der Waals surface area contributed by atoms with Crippen LogP contribution in [0.15, 0.2) is 0 Å². The summed E-state index contributed by atoms with van der Waals surface area (Å²) in [6, 6.07) is 0. The number of hydrogen-bond donors (Lipinski definition) is 0. The number of unbranched alkanes of at least 4 members (excludes halogenated alkanes) is 10. The summed E-state index contributed by atoms with van der Waals surface area (Å²) in [4.78, 5) is 14.1. The first-order valence-electron chi connectivity index (χ1n) is 13.5. The van der Waals surface area contributed by atoms with Crippen molar-refractivity contribution in [2.75, 3.05) is 12.3 Å². The molecule has 0 saturated carbocycles. The van der Waals surface area contributed by atoms with Crippen LogP contribution in [0.5, 0.6) is 0 Å². The Hall–Kier alpha value is 0.949. The van der Waals surface area contributed by atoms with Gasteiger partial charge >= 0.3 is 165 Å². The van der Waals surface area contributed by atoms with Crippen LogP contribution in [0.3, 0.4) is 0 Å². The Balaban J connectivity index is 0.908. The predicted molar refractivity (Wildman–Crippen MR) is 120 cm³/mol. The van der Waals surface area contributed by atoms with Crippen LogP contribution >= 0.6 is 7.92 Å². The van der Waals surface area contributed by atoms with E-state index in [0.717, 1.165) is 0 Å². The summed E-state index contributed by atoms with van der Waals surface area (Å²) in [5, 5.41) is 0. The third-order valence-electron chi connectivity index (χ3n) is 18.6. The zero-order valence-electron chi connectivity index (χ0n) is 18.4. The molecule has 28 heavy (non-hydrogen) atoms. The number of rotatable bonds is 15. The van der Waals surface area contributed by atoms with Gasteiger partial charge in [0.1, 0.15) is 0 Å². The second kappa shape index (κ2) is 2.20. The van der Waals surface area contributed by atoms with Gasteiger partial charge in [0.2, 0.25) is 0 Å². The molecule has 0 aliphatic carbocycles. The minimum atomic E-state index is -2.83. The molecule has 10 aliphatic rings. The van der Waals surface area contributed by atoms with Crippen molar-refractivity contribution in [2.24, 2.45) is 0 Å². The summed E-state index contributed by atoms with van der Waals surface area (Å²) in [5.41, 5.74) is 0. The zero-order valence-corrected chi connectivity index (χ0v) is 20.4. The second-order valence-electron chi connectivity index (χ2n) is 15.2. The topological polar surface area (TPSA) is 0 Å². The van der Waals surface area contributed by atoms with Gasteiger partial charge in [-0.05, 0) is 0 Å². The quantitative estimate of drug-likeness (QED) is 0.135. The van der Waals surface area contributed by atoms with Crippen molar-refractivity contribution in [1.29, 1.82) is 0 Å². The van der Waals surface area contributed by atoms with Gasteiger partial charge in [0.25, 0.3) is 0 Å². The molecule has 0 N–H and O–H groups in total. The molecule has 10 aliphatic heterocycles. The molecule has 0 amide bonds. The molecule has 10 saturated heterocycles. The van der Waals surface area contributed by atoms with Gasteiger partial charge in [0.15, 0.2) is 0 Å². The fourth-order valence-electron chi connectivity index (χ4n) is 19.6. The summed E-state index contributed by atoms with van der Waals surface area (Å²) in [6.07, 6.45) is 21.9. The molecular formula is C26H43FeP. The second-order valence-corrected chi connectivity index (χ2v) is 41.8. The van der Waals surface area contributed by atoms with Crippen LogP contribution in [0.1, 0.15) is 90.9 Å². The summed E-state index contributed by atoms with van der Waals surface area (Å²) < 4.78 is 1.27. The first-order chi connectivity index (χ1) is 13.6. The standard InChI is InChI=1S/C21H38P.C5H5.Fe/c1-3-5-7-9-11-15-19-22(21-17-13-14-18-21)20-16-12-10-8-6-4-2;1-2-4-5-3-1;/h13-14,17-18H,3-12,15-16,19-20H2,1-2H3;1-5H;. The summed E-state index contributed by atoms with van der Waals surface area (Å²) in [6.45, 7) is 1.90. The Morgan fingerprint density at radius 3 is 1.25 bits per heavy atom. The number of hydrogen-bond acceptors (Lipinski definition) is 0. The molecule has 10 fully saturated rings. The van der Waals surface area contributed by atoms with Gasteiger partial charge in [0.05, 0.1) is 0 Å². The summed E-state index contributed by atoms with van der Waals surface area (Å²) in [7, 11) is 0.473. The average molecular weight is 442 g/mol. The van der Waals surface area contributed by atoms with Gasteiger partial charge in [-0.2, -0.15) is 0 Å². The first-order valence-corrected chi connectivity index (χ1v) is 21.5. The molecular weight excluding hydrogens is 399 g/mol. The molecule has 0 radical (unpaired) electrons. The van der Waals surface area contributed by atoms with Gasteiger partial charge < -0.3 is 0 Å². The molecule has 10 heterocycles. The SMILES string of the molecule is CCCCCCCCP(CCCCCCCC)[C]12[CH]3[CH]4[CH]5[CH]1[Fe]45321678[CH]2[CH]1[CH]6[CH]7[CH]28. The molecule has 1 spiro atoms. The van der Waals surface area contributed by atoms with E-state index in [1.54, 1.807) is 94.2 Å². The monoisotopic (exact) mass is 442 g/mol. The molecule has 0 nitrogen and oxygen atoms in total. The Morgan fingerprint density at radius 1 is 0.536 bits per heavy atom. The van der Waals surface area contributed by atoms with E-state index >= 15 is 0 Å². The van der Waals surface area contributed by atoms with Gasteiger partial charge in [-0.1, -0.05) is 0 Å². The summed E-state index contributed by atoms with van der Waals surface area (Å²) >= 11 is 0. The summed E-state index contributed by atoms with van der Waals surface area (Å²) in [5.74, 6) is 0. The van der Waals surface area contributed by atoms with E-state index in [-0.39, 0.29) is 0 Å². The van der Waals surface area contributed by atoms with Crippen LogP contribution in [0.2, 0.25) is 43.3 Å². The molecule has 4 atom stereocenters. The van der Waals surface area contributed by atoms with Crippen molar-refractivity contribution in [3.05, 3.63) is 0 Å². The maximum atomic E-state index is 2.36. The predicted octanol–water partition coefficient (Wildman–Crippen LogP) is 9.49. The van der Waals surface area contributed by atoms with Crippen LogP contribution in [0.25, 0.3) is 0 Å². The zero-order chi connectivity index (χ0) is 18.5. The molecule has 0 aromatic rings.